The van der Waals surface area contributed by atoms with Crippen LogP contribution in [0.2, 0.25) is 0 Å². The minimum Gasteiger partial charge on any atom is -0.490 e. The van der Waals surface area contributed by atoms with Gasteiger partial charge in [0, 0.05) is 18.7 Å². The van der Waals surface area contributed by atoms with E-state index in [1.807, 2.05) is 24.3 Å². The van der Waals surface area contributed by atoms with Crippen LogP contribution in [0.5, 0.6) is 5.75 Å². The Bertz CT molecular complexity index is 514. The van der Waals surface area contributed by atoms with E-state index in [1.54, 1.807) is 0 Å². The second-order valence-corrected chi connectivity index (χ2v) is 5.53. The second-order valence-electron chi connectivity index (χ2n) is 5.53. The summed E-state index contributed by atoms with van der Waals surface area (Å²) in [5.74, 6) is 0.836. The minimum absolute atomic E-state index is 0.0653. The number of nitrogens with two attached hydrogens (primary N) is 1. The molecule has 0 aromatic heterocycles. The molecule has 114 valence electrons. The number of amides is 1. The zero-order valence-corrected chi connectivity index (χ0v) is 11.8. The number of nitrogens with zero attached hydrogens (tertiary/aromatic N) is 1. The number of rotatable bonds is 2. The van der Waals surface area contributed by atoms with Crippen molar-refractivity contribution in [3.63, 3.8) is 0 Å². The zero-order chi connectivity index (χ0) is 14.8. The summed E-state index contributed by atoms with van der Waals surface area (Å²) < 4.78 is 10.6. The summed E-state index contributed by atoms with van der Waals surface area (Å²) in [6, 6.07) is 7.74. The molecule has 3 rings (SSSR count). The molecule has 0 bridgehead atoms. The molecule has 3 N–H and O–H groups in total. The lowest BCUT2D eigenvalue weighted by molar-refractivity contribution is -0.0258. The van der Waals surface area contributed by atoms with Crippen molar-refractivity contribution in [1.82, 2.24) is 4.90 Å². The summed E-state index contributed by atoms with van der Waals surface area (Å²) in [4.78, 5) is 13.0. The summed E-state index contributed by atoms with van der Waals surface area (Å²) in [5, 5.41) is 10.3. The molecule has 6 heteroatoms. The molecule has 1 fully saturated rings. The smallest absolute Gasteiger partial charge is 0.404 e. The number of hydrogen-bond acceptors (Lipinski definition) is 5. The van der Waals surface area contributed by atoms with Gasteiger partial charge in [0.25, 0.3) is 0 Å². The Morgan fingerprint density at radius 1 is 1.33 bits per heavy atom. The number of aliphatic hydroxyl groups is 1. The number of fused-ring (bicyclic) bond motifs is 1. The summed E-state index contributed by atoms with van der Waals surface area (Å²) in [7, 11) is 0. The van der Waals surface area contributed by atoms with Gasteiger partial charge in [-0.15, -0.1) is 0 Å². The number of hydrogen-bond donors (Lipinski definition) is 2. The Balaban J connectivity index is 1.71. The zero-order valence-electron chi connectivity index (χ0n) is 11.8. The van der Waals surface area contributed by atoms with Gasteiger partial charge in [0.2, 0.25) is 0 Å². The van der Waals surface area contributed by atoms with E-state index in [-0.39, 0.29) is 12.1 Å². The van der Waals surface area contributed by atoms with Crippen LogP contribution in [-0.4, -0.2) is 48.0 Å². The largest absolute Gasteiger partial charge is 0.490 e. The molecule has 0 unspecified atom stereocenters. The number of benzene rings is 1. The molecule has 0 saturated carbocycles. The molecule has 2 aliphatic heterocycles. The predicted molar refractivity (Wildman–Crippen MR) is 75.9 cm³/mol. The average molecular weight is 292 g/mol. The number of carbonyl (C=O) groups is 1. The fraction of sp³-hybridized carbons (Fsp3) is 0.533. The van der Waals surface area contributed by atoms with Gasteiger partial charge in [-0.2, -0.15) is 0 Å². The molecule has 2 aliphatic rings. The van der Waals surface area contributed by atoms with E-state index in [0.29, 0.717) is 6.61 Å². The quantitative estimate of drug-likeness (QED) is 0.850. The second kappa shape index (κ2) is 5.91. The number of para-hydroxylation sites is 1. The lowest BCUT2D eigenvalue weighted by Gasteiger charge is -2.41. The molecule has 0 aliphatic carbocycles. The summed E-state index contributed by atoms with van der Waals surface area (Å²) in [6.07, 6.45) is 0.0778. The number of ether oxygens (including phenoxy) is 2. The molecule has 1 saturated heterocycles. The van der Waals surface area contributed by atoms with Crippen LogP contribution in [0.25, 0.3) is 0 Å². The van der Waals surface area contributed by atoms with Gasteiger partial charge < -0.3 is 20.3 Å². The van der Waals surface area contributed by atoms with Gasteiger partial charge in [-0.25, -0.2) is 4.79 Å². The van der Waals surface area contributed by atoms with E-state index < -0.39 is 12.2 Å². The molecule has 0 spiro atoms. The van der Waals surface area contributed by atoms with Crippen LogP contribution >= 0.6 is 0 Å². The molecule has 2 atom stereocenters. The van der Waals surface area contributed by atoms with Crippen molar-refractivity contribution in [3.05, 3.63) is 29.8 Å². The SMILES string of the molecule is NC(=O)OC1CCN([C@H]2c3ccccc3OC[C@@H]2O)CC1. The molecule has 0 radical (unpaired) electrons. The summed E-state index contributed by atoms with van der Waals surface area (Å²) >= 11 is 0. The molecular weight excluding hydrogens is 272 g/mol. The number of carbonyl (C=O) groups excluding carboxylic acids is 1. The number of aliphatic hydroxyl groups excluding tert-OH is 1. The van der Waals surface area contributed by atoms with Crippen LogP contribution in [0.15, 0.2) is 24.3 Å². The number of piperidine rings is 1. The normalized spacial score (nSPS) is 26.7. The third-order valence-corrected chi connectivity index (χ3v) is 4.16. The number of likely N-dealkylation sites (tertiary alicyclic amines) is 1. The van der Waals surface area contributed by atoms with Gasteiger partial charge in [-0.05, 0) is 18.9 Å². The fourth-order valence-electron chi connectivity index (χ4n) is 3.21. The minimum atomic E-state index is -0.718. The lowest BCUT2D eigenvalue weighted by atomic mass is 9.94. The molecule has 2 heterocycles. The Hall–Kier alpha value is -1.79. The predicted octanol–water partition coefficient (Wildman–Crippen LogP) is 1.04. The highest BCUT2D eigenvalue weighted by molar-refractivity contribution is 5.64. The van der Waals surface area contributed by atoms with Crippen LogP contribution in [0.3, 0.4) is 0 Å². The third-order valence-electron chi connectivity index (χ3n) is 4.16. The highest BCUT2D eigenvalue weighted by Crippen LogP contribution is 2.37. The first kappa shape index (κ1) is 14.2. The maximum atomic E-state index is 10.8. The van der Waals surface area contributed by atoms with Gasteiger partial charge in [0.05, 0.1) is 6.04 Å². The Kier molecular flexibility index (Phi) is 3.98. The highest BCUT2D eigenvalue weighted by atomic mass is 16.6. The molecule has 21 heavy (non-hydrogen) atoms. The Morgan fingerprint density at radius 3 is 2.76 bits per heavy atom. The van der Waals surface area contributed by atoms with Crippen molar-refractivity contribution in [2.45, 2.75) is 31.1 Å². The van der Waals surface area contributed by atoms with E-state index in [0.717, 1.165) is 37.2 Å². The molecule has 6 nitrogen and oxygen atoms in total. The molecule has 1 amide bonds. The van der Waals surface area contributed by atoms with Crippen molar-refractivity contribution in [1.29, 1.82) is 0 Å². The lowest BCUT2D eigenvalue weighted by Crippen LogP contribution is -2.47. The van der Waals surface area contributed by atoms with Gasteiger partial charge in [0.1, 0.15) is 24.6 Å². The van der Waals surface area contributed by atoms with E-state index in [4.69, 9.17) is 15.2 Å². The van der Waals surface area contributed by atoms with Gasteiger partial charge >= 0.3 is 6.09 Å². The van der Waals surface area contributed by atoms with Crippen molar-refractivity contribution in [2.75, 3.05) is 19.7 Å². The highest BCUT2D eigenvalue weighted by Gasteiger charge is 2.36. The summed E-state index contributed by atoms with van der Waals surface area (Å²) in [6.45, 7) is 1.82. The number of primary amides is 1. The third kappa shape index (κ3) is 2.96. The van der Waals surface area contributed by atoms with Crippen LogP contribution in [0, 0.1) is 0 Å². The van der Waals surface area contributed by atoms with Crippen molar-refractivity contribution in [2.24, 2.45) is 5.73 Å². The van der Waals surface area contributed by atoms with Crippen LogP contribution < -0.4 is 10.5 Å². The summed E-state index contributed by atoms with van der Waals surface area (Å²) in [5.41, 5.74) is 6.07. The van der Waals surface area contributed by atoms with E-state index in [2.05, 4.69) is 4.90 Å². The van der Waals surface area contributed by atoms with Gasteiger partial charge in [0.15, 0.2) is 0 Å². The van der Waals surface area contributed by atoms with Crippen LogP contribution in [0.1, 0.15) is 24.4 Å². The molecule has 1 aromatic rings. The van der Waals surface area contributed by atoms with Crippen molar-refractivity contribution >= 4 is 6.09 Å². The van der Waals surface area contributed by atoms with Crippen LogP contribution in [0.4, 0.5) is 4.79 Å². The monoisotopic (exact) mass is 292 g/mol. The standard InChI is InChI=1S/C15H20N2O4/c16-15(19)21-10-5-7-17(8-6-10)14-11-3-1-2-4-13(11)20-9-12(14)18/h1-4,10,12,14,18H,5-9H2,(H2,16,19)/t12-,14-/m0/s1. The first-order valence-corrected chi connectivity index (χ1v) is 7.25. The fourth-order valence-corrected chi connectivity index (χ4v) is 3.21. The first-order valence-electron chi connectivity index (χ1n) is 7.25. The molecular formula is C15H20N2O4. The Morgan fingerprint density at radius 2 is 2.05 bits per heavy atom. The van der Waals surface area contributed by atoms with Gasteiger partial charge in [-0.1, -0.05) is 18.2 Å². The average Bonchev–Trinajstić information content (AvgIpc) is 2.48. The van der Waals surface area contributed by atoms with Gasteiger partial charge in [-0.3, -0.25) is 4.90 Å². The maximum absolute atomic E-state index is 10.8. The molecule has 1 aromatic carbocycles. The van der Waals surface area contributed by atoms with E-state index in [9.17, 15) is 9.90 Å². The van der Waals surface area contributed by atoms with Crippen molar-refractivity contribution in [3.8, 4) is 5.75 Å². The van der Waals surface area contributed by atoms with E-state index >= 15 is 0 Å². The van der Waals surface area contributed by atoms with Crippen molar-refractivity contribution < 1.29 is 19.4 Å². The van der Waals surface area contributed by atoms with Crippen LogP contribution in [-0.2, 0) is 4.74 Å². The maximum Gasteiger partial charge on any atom is 0.404 e. The topological polar surface area (TPSA) is 85.0 Å². The Labute approximate surface area is 123 Å². The van der Waals surface area contributed by atoms with E-state index in [1.165, 1.54) is 0 Å². The first-order chi connectivity index (χ1) is 10.1.